The average Bonchev–Trinajstić information content (AvgIpc) is 3.30. The van der Waals surface area contributed by atoms with Crippen LogP contribution in [0.2, 0.25) is 0 Å². The smallest absolute Gasteiger partial charge is 0.221 e. The number of pyridine rings is 1. The van der Waals surface area contributed by atoms with Gasteiger partial charge in [0.1, 0.15) is 11.9 Å². The Morgan fingerprint density at radius 1 is 1.38 bits per heavy atom. The van der Waals surface area contributed by atoms with Crippen LogP contribution >= 0.6 is 0 Å². The Labute approximate surface area is 124 Å². The number of aromatic nitrogens is 1. The van der Waals surface area contributed by atoms with Crippen LogP contribution in [0.3, 0.4) is 0 Å². The quantitative estimate of drug-likeness (QED) is 0.866. The van der Waals surface area contributed by atoms with Crippen molar-refractivity contribution in [1.82, 2.24) is 10.3 Å². The minimum atomic E-state index is 0.0708. The number of nitriles is 1. The fourth-order valence-corrected chi connectivity index (χ4v) is 2.68. The van der Waals surface area contributed by atoms with E-state index in [4.69, 9.17) is 0 Å². The van der Waals surface area contributed by atoms with Gasteiger partial charge in [-0.1, -0.05) is 0 Å². The van der Waals surface area contributed by atoms with Crippen molar-refractivity contribution in [1.29, 1.82) is 5.26 Å². The van der Waals surface area contributed by atoms with Gasteiger partial charge in [0.2, 0.25) is 5.91 Å². The van der Waals surface area contributed by atoms with Crippen LogP contribution in [0.1, 0.15) is 48.9 Å². The third kappa shape index (κ3) is 3.52. The van der Waals surface area contributed by atoms with E-state index in [9.17, 15) is 10.1 Å². The topological polar surface area (TPSA) is 77.8 Å². The predicted octanol–water partition coefficient (Wildman–Crippen LogP) is 1.91. The van der Waals surface area contributed by atoms with Crippen molar-refractivity contribution in [2.24, 2.45) is 0 Å². The number of aryl methyl sites for hydroxylation is 2. The molecule has 0 radical (unpaired) electrons. The maximum atomic E-state index is 11.6. The number of carbonyl (C=O) groups excluding carboxylic acids is 1. The standard InChI is InChI=1S/C16H20N4O/c17-10-12-9-11-3-1-2-4-14(11)20-16(12)18-8-7-15(21)19-13-5-6-13/h9,13H,1-8H2,(H,18,20)(H,19,21). The molecule has 0 unspecified atom stereocenters. The van der Waals surface area contributed by atoms with E-state index < -0.39 is 0 Å². The first-order valence-corrected chi connectivity index (χ1v) is 7.72. The summed E-state index contributed by atoms with van der Waals surface area (Å²) in [5.41, 5.74) is 2.89. The molecule has 1 amide bonds. The number of anilines is 1. The van der Waals surface area contributed by atoms with Gasteiger partial charge in [-0.3, -0.25) is 4.79 Å². The van der Waals surface area contributed by atoms with Crippen LogP contribution in [-0.4, -0.2) is 23.5 Å². The summed E-state index contributed by atoms with van der Waals surface area (Å²) >= 11 is 0. The molecule has 0 spiro atoms. The molecule has 21 heavy (non-hydrogen) atoms. The normalized spacial score (nSPS) is 16.7. The molecule has 2 aliphatic rings. The zero-order valence-corrected chi connectivity index (χ0v) is 12.1. The van der Waals surface area contributed by atoms with Crippen molar-refractivity contribution >= 4 is 11.7 Å². The second-order valence-corrected chi connectivity index (χ2v) is 5.83. The van der Waals surface area contributed by atoms with Crippen molar-refractivity contribution < 1.29 is 4.79 Å². The molecule has 0 atom stereocenters. The molecule has 1 fully saturated rings. The molecule has 2 aliphatic carbocycles. The molecule has 5 nitrogen and oxygen atoms in total. The summed E-state index contributed by atoms with van der Waals surface area (Å²) in [6.07, 6.45) is 6.95. The number of hydrogen-bond acceptors (Lipinski definition) is 4. The first kappa shape index (κ1) is 13.9. The van der Waals surface area contributed by atoms with E-state index in [1.165, 1.54) is 12.0 Å². The van der Waals surface area contributed by atoms with Crippen molar-refractivity contribution in [3.63, 3.8) is 0 Å². The molecule has 110 valence electrons. The van der Waals surface area contributed by atoms with Gasteiger partial charge in [0.05, 0.1) is 5.56 Å². The Morgan fingerprint density at radius 3 is 2.95 bits per heavy atom. The Bertz CT molecular complexity index is 587. The third-order valence-corrected chi connectivity index (χ3v) is 4.01. The fraction of sp³-hybridized carbons (Fsp3) is 0.562. The highest BCUT2D eigenvalue weighted by Gasteiger charge is 2.22. The van der Waals surface area contributed by atoms with Gasteiger partial charge in [-0.2, -0.15) is 5.26 Å². The lowest BCUT2D eigenvalue weighted by Gasteiger charge is -2.17. The van der Waals surface area contributed by atoms with E-state index in [-0.39, 0.29) is 5.91 Å². The summed E-state index contributed by atoms with van der Waals surface area (Å²) in [7, 11) is 0. The lowest BCUT2D eigenvalue weighted by Crippen LogP contribution is -2.27. The summed E-state index contributed by atoms with van der Waals surface area (Å²) in [5.74, 6) is 0.693. The number of rotatable bonds is 5. The molecule has 0 aliphatic heterocycles. The van der Waals surface area contributed by atoms with Crippen LogP contribution in [0.5, 0.6) is 0 Å². The molecular weight excluding hydrogens is 264 g/mol. The Morgan fingerprint density at radius 2 is 2.19 bits per heavy atom. The third-order valence-electron chi connectivity index (χ3n) is 4.01. The van der Waals surface area contributed by atoms with E-state index in [1.807, 2.05) is 6.07 Å². The minimum absolute atomic E-state index is 0.0708. The summed E-state index contributed by atoms with van der Waals surface area (Å²) in [6, 6.07) is 4.55. The maximum Gasteiger partial charge on any atom is 0.221 e. The molecule has 1 saturated carbocycles. The maximum absolute atomic E-state index is 11.6. The van der Waals surface area contributed by atoms with Crippen molar-refractivity contribution in [2.45, 2.75) is 51.0 Å². The van der Waals surface area contributed by atoms with Crippen LogP contribution in [0.15, 0.2) is 6.07 Å². The number of nitrogens with one attached hydrogen (secondary N) is 2. The van der Waals surface area contributed by atoms with Crippen LogP contribution in [-0.2, 0) is 17.6 Å². The van der Waals surface area contributed by atoms with Gasteiger partial charge in [-0.15, -0.1) is 0 Å². The zero-order valence-electron chi connectivity index (χ0n) is 12.1. The van der Waals surface area contributed by atoms with Gasteiger partial charge in [0.25, 0.3) is 0 Å². The Balaban J connectivity index is 1.61. The summed E-state index contributed by atoms with van der Waals surface area (Å²) in [5, 5.41) is 15.3. The summed E-state index contributed by atoms with van der Waals surface area (Å²) in [6.45, 7) is 0.513. The van der Waals surface area contributed by atoms with E-state index in [0.29, 0.717) is 30.4 Å². The van der Waals surface area contributed by atoms with Crippen LogP contribution in [0.25, 0.3) is 0 Å². The van der Waals surface area contributed by atoms with E-state index in [2.05, 4.69) is 21.7 Å². The lowest BCUT2D eigenvalue weighted by atomic mass is 9.95. The van der Waals surface area contributed by atoms with E-state index >= 15 is 0 Å². The number of fused-ring (bicyclic) bond motifs is 1. The largest absolute Gasteiger partial charge is 0.368 e. The number of hydrogen-bond donors (Lipinski definition) is 2. The van der Waals surface area contributed by atoms with Crippen LogP contribution in [0.4, 0.5) is 5.82 Å². The van der Waals surface area contributed by atoms with E-state index in [0.717, 1.165) is 37.8 Å². The zero-order chi connectivity index (χ0) is 14.7. The molecule has 1 heterocycles. The summed E-state index contributed by atoms with van der Waals surface area (Å²) in [4.78, 5) is 16.2. The Hall–Kier alpha value is -2.09. The monoisotopic (exact) mass is 284 g/mol. The molecule has 1 aromatic rings. The predicted molar refractivity (Wildman–Crippen MR) is 79.9 cm³/mol. The SMILES string of the molecule is N#Cc1cc2c(nc1NCCC(=O)NC1CC1)CCCC2. The Kier molecular flexibility index (Phi) is 4.05. The highest BCUT2D eigenvalue weighted by molar-refractivity contribution is 5.77. The van der Waals surface area contributed by atoms with Gasteiger partial charge in [0, 0.05) is 24.7 Å². The molecule has 5 heteroatoms. The van der Waals surface area contributed by atoms with E-state index in [1.54, 1.807) is 0 Å². The first-order valence-electron chi connectivity index (χ1n) is 7.72. The molecule has 0 bridgehead atoms. The van der Waals surface area contributed by atoms with Crippen LogP contribution < -0.4 is 10.6 Å². The second kappa shape index (κ2) is 6.13. The first-order chi connectivity index (χ1) is 10.3. The van der Waals surface area contributed by atoms with Gasteiger partial charge in [0.15, 0.2) is 0 Å². The molecule has 2 N–H and O–H groups in total. The molecular formula is C16H20N4O. The number of carbonyl (C=O) groups is 1. The van der Waals surface area contributed by atoms with Crippen molar-refractivity contribution in [3.05, 3.63) is 22.9 Å². The van der Waals surface area contributed by atoms with Gasteiger partial charge < -0.3 is 10.6 Å². The number of amides is 1. The minimum Gasteiger partial charge on any atom is -0.368 e. The van der Waals surface area contributed by atoms with Crippen LogP contribution in [0, 0.1) is 11.3 Å². The van der Waals surface area contributed by atoms with Gasteiger partial charge in [-0.05, 0) is 50.2 Å². The summed E-state index contributed by atoms with van der Waals surface area (Å²) < 4.78 is 0. The molecule has 0 saturated heterocycles. The lowest BCUT2D eigenvalue weighted by molar-refractivity contribution is -0.120. The van der Waals surface area contributed by atoms with Gasteiger partial charge >= 0.3 is 0 Å². The molecule has 3 rings (SSSR count). The molecule has 1 aromatic heterocycles. The average molecular weight is 284 g/mol. The highest BCUT2D eigenvalue weighted by atomic mass is 16.1. The van der Waals surface area contributed by atoms with Gasteiger partial charge in [-0.25, -0.2) is 4.98 Å². The molecule has 0 aromatic carbocycles. The van der Waals surface area contributed by atoms with Crippen molar-refractivity contribution in [3.8, 4) is 6.07 Å². The second-order valence-electron chi connectivity index (χ2n) is 5.83. The highest BCUT2D eigenvalue weighted by Crippen LogP contribution is 2.24. The number of nitrogens with zero attached hydrogens (tertiary/aromatic N) is 2. The van der Waals surface area contributed by atoms with Crippen molar-refractivity contribution in [2.75, 3.05) is 11.9 Å². The fourth-order valence-electron chi connectivity index (χ4n) is 2.68.